The van der Waals surface area contributed by atoms with Crippen molar-refractivity contribution in [2.45, 2.75) is 25.0 Å². The summed E-state index contributed by atoms with van der Waals surface area (Å²) < 4.78 is 15.7. The molecule has 2 atom stereocenters. The van der Waals surface area contributed by atoms with Gasteiger partial charge < -0.3 is 24.0 Å². The first-order valence-electron chi connectivity index (χ1n) is 6.18. The van der Waals surface area contributed by atoms with E-state index in [0.717, 1.165) is 39.1 Å². The Kier molecular flexibility index (Phi) is 3.17. The van der Waals surface area contributed by atoms with E-state index in [-0.39, 0.29) is 6.03 Å². The zero-order valence-electron chi connectivity index (χ0n) is 9.84. The van der Waals surface area contributed by atoms with Gasteiger partial charge in [0, 0.05) is 13.1 Å². The molecular weight excluding hydrogens is 224 g/mol. The average Bonchev–Trinajstić information content (AvgIpc) is 3.20. The summed E-state index contributed by atoms with van der Waals surface area (Å²) >= 11 is 0. The van der Waals surface area contributed by atoms with Crippen molar-refractivity contribution in [1.29, 1.82) is 0 Å². The Balaban J connectivity index is 1.44. The number of carbonyl (C=O) groups is 1. The van der Waals surface area contributed by atoms with E-state index in [1.165, 1.54) is 0 Å². The van der Waals surface area contributed by atoms with Crippen molar-refractivity contribution < 1.29 is 19.0 Å². The van der Waals surface area contributed by atoms with Gasteiger partial charge in [0.05, 0.1) is 25.4 Å². The van der Waals surface area contributed by atoms with E-state index in [2.05, 4.69) is 0 Å². The summed E-state index contributed by atoms with van der Waals surface area (Å²) in [4.78, 5) is 15.6. The van der Waals surface area contributed by atoms with Crippen LogP contribution in [-0.2, 0) is 14.2 Å². The SMILES string of the molecule is O=C1N(CCC2CO2)COCN1CCC1CO1. The van der Waals surface area contributed by atoms with Crippen molar-refractivity contribution in [2.75, 3.05) is 39.8 Å². The molecule has 0 spiro atoms. The van der Waals surface area contributed by atoms with Crippen LogP contribution in [0.4, 0.5) is 4.79 Å². The predicted molar refractivity (Wildman–Crippen MR) is 58.3 cm³/mol. The van der Waals surface area contributed by atoms with E-state index < -0.39 is 0 Å². The molecule has 2 amide bonds. The summed E-state index contributed by atoms with van der Waals surface area (Å²) in [5, 5.41) is 0. The molecule has 3 rings (SSSR count). The van der Waals surface area contributed by atoms with Gasteiger partial charge in [-0.25, -0.2) is 4.79 Å². The summed E-state index contributed by atoms with van der Waals surface area (Å²) in [6.45, 7) is 3.93. The van der Waals surface area contributed by atoms with E-state index in [0.29, 0.717) is 25.7 Å². The molecule has 0 aromatic rings. The van der Waals surface area contributed by atoms with Crippen LogP contribution in [0.25, 0.3) is 0 Å². The Hall–Kier alpha value is -0.850. The molecule has 0 radical (unpaired) electrons. The largest absolute Gasteiger partial charge is 0.373 e. The molecule has 3 aliphatic rings. The Morgan fingerprint density at radius 1 is 1.00 bits per heavy atom. The number of hydrogen-bond acceptors (Lipinski definition) is 4. The second kappa shape index (κ2) is 4.80. The molecule has 0 aromatic carbocycles. The van der Waals surface area contributed by atoms with Crippen LogP contribution in [0.15, 0.2) is 0 Å². The average molecular weight is 242 g/mol. The lowest BCUT2D eigenvalue weighted by Gasteiger charge is -2.35. The molecule has 0 aliphatic carbocycles. The van der Waals surface area contributed by atoms with E-state index in [1.807, 2.05) is 0 Å². The molecule has 0 saturated carbocycles. The number of rotatable bonds is 6. The monoisotopic (exact) mass is 242 g/mol. The molecule has 6 nitrogen and oxygen atoms in total. The van der Waals surface area contributed by atoms with E-state index in [4.69, 9.17) is 14.2 Å². The van der Waals surface area contributed by atoms with Crippen molar-refractivity contribution in [2.24, 2.45) is 0 Å². The third-order valence-corrected chi connectivity index (χ3v) is 3.28. The lowest BCUT2D eigenvalue weighted by molar-refractivity contribution is -0.0525. The molecule has 0 aromatic heterocycles. The van der Waals surface area contributed by atoms with Crippen LogP contribution in [0.5, 0.6) is 0 Å². The predicted octanol–water partition coefficient (Wildman–Crippen LogP) is 0.233. The van der Waals surface area contributed by atoms with Crippen LogP contribution in [0.2, 0.25) is 0 Å². The van der Waals surface area contributed by atoms with Crippen LogP contribution in [0.1, 0.15) is 12.8 Å². The number of urea groups is 1. The quantitative estimate of drug-likeness (QED) is 0.626. The lowest BCUT2D eigenvalue weighted by atomic mass is 10.3. The number of nitrogens with zero attached hydrogens (tertiary/aromatic N) is 2. The van der Waals surface area contributed by atoms with E-state index in [9.17, 15) is 4.79 Å². The lowest BCUT2D eigenvalue weighted by Crippen LogP contribution is -2.51. The van der Waals surface area contributed by atoms with Crippen LogP contribution < -0.4 is 0 Å². The van der Waals surface area contributed by atoms with Crippen molar-refractivity contribution in [3.63, 3.8) is 0 Å². The van der Waals surface area contributed by atoms with Gasteiger partial charge in [0.2, 0.25) is 0 Å². The fourth-order valence-corrected chi connectivity index (χ4v) is 1.96. The minimum Gasteiger partial charge on any atom is -0.373 e. The van der Waals surface area contributed by atoms with Gasteiger partial charge >= 0.3 is 6.03 Å². The topological polar surface area (TPSA) is 57.8 Å². The van der Waals surface area contributed by atoms with E-state index >= 15 is 0 Å². The second-order valence-electron chi connectivity index (χ2n) is 4.76. The molecule has 0 bridgehead atoms. The molecule has 3 heterocycles. The smallest absolute Gasteiger partial charge is 0.323 e. The molecule has 3 aliphatic heterocycles. The Labute approximate surface area is 100 Å². The normalized spacial score (nSPS) is 31.9. The minimum absolute atomic E-state index is 0.0811. The molecule has 0 N–H and O–H groups in total. The standard InChI is InChI=1S/C11H18N2O4/c14-11-12(3-1-9-5-16-9)7-15-8-13(11)4-2-10-6-17-10/h9-10H,1-8H2. The molecule has 3 fully saturated rings. The third-order valence-electron chi connectivity index (χ3n) is 3.28. The third kappa shape index (κ3) is 3.08. The van der Waals surface area contributed by atoms with Crippen molar-refractivity contribution >= 4 is 6.03 Å². The maximum Gasteiger partial charge on any atom is 0.323 e. The molecule has 96 valence electrons. The van der Waals surface area contributed by atoms with E-state index in [1.54, 1.807) is 9.80 Å². The molecule has 6 heteroatoms. The number of epoxide rings is 2. The maximum absolute atomic E-state index is 12.1. The summed E-state index contributed by atoms with van der Waals surface area (Å²) in [6, 6.07) is 0.0811. The Bertz CT molecular complexity index is 265. The van der Waals surface area contributed by atoms with Crippen molar-refractivity contribution in [3.05, 3.63) is 0 Å². The summed E-state index contributed by atoms with van der Waals surface area (Å²) in [6.07, 6.45) is 2.54. The molecule has 3 saturated heterocycles. The number of ether oxygens (including phenoxy) is 3. The van der Waals surface area contributed by atoms with Gasteiger partial charge in [-0.1, -0.05) is 0 Å². The number of carbonyl (C=O) groups excluding carboxylic acids is 1. The van der Waals surface area contributed by atoms with Crippen molar-refractivity contribution in [1.82, 2.24) is 9.80 Å². The van der Waals surface area contributed by atoms with Gasteiger partial charge in [0.1, 0.15) is 13.5 Å². The molecular formula is C11H18N2O4. The zero-order chi connectivity index (χ0) is 11.7. The van der Waals surface area contributed by atoms with Crippen LogP contribution in [0, 0.1) is 0 Å². The Morgan fingerprint density at radius 3 is 1.88 bits per heavy atom. The number of hydrogen-bond donors (Lipinski definition) is 0. The second-order valence-corrected chi connectivity index (χ2v) is 4.76. The van der Waals surface area contributed by atoms with Crippen LogP contribution >= 0.6 is 0 Å². The summed E-state index contributed by atoms with van der Waals surface area (Å²) in [5.74, 6) is 0. The fraction of sp³-hybridized carbons (Fsp3) is 0.909. The highest BCUT2D eigenvalue weighted by Gasteiger charge is 2.31. The van der Waals surface area contributed by atoms with Gasteiger partial charge in [0.15, 0.2) is 0 Å². The van der Waals surface area contributed by atoms with Gasteiger partial charge in [-0.15, -0.1) is 0 Å². The highest BCUT2D eigenvalue weighted by molar-refractivity contribution is 5.74. The summed E-state index contributed by atoms with van der Waals surface area (Å²) in [5.41, 5.74) is 0. The highest BCUT2D eigenvalue weighted by atomic mass is 16.6. The first-order chi connectivity index (χ1) is 8.33. The van der Waals surface area contributed by atoms with Gasteiger partial charge in [-0.05, 0) is 12.8 Å². The zero-order valence-corrected chi connectivity index (χ0v) is 9.84. The fourth-order valence-electron chi connectivity index (χ4n) is 1.96. The summed E-state index contributed by atoms with van der Waals surface area (Å²) in [7, 11) is 0. The Morgan fingerprint density at radius 2 is 1.47 bits per heavy atom. The van der Waals surface area contributed by atoms with Crippen molar-refractivity contribution in [3.8, 4) is 0 Å². The minimum atomic E-state index is 0.0811. The van der Waals surface area contributed by atoms with Crippen LogP contribution in [0.3, 0.4) is 0 Å². The van der Waals surface area contributed by atoms with Gasteiger partial charge in [-0.2, -0.15) is 0 Å². The molecule has 17 heavy (non-hydrogen) atoms. The first-order valence-corrected chi connectivity index (χ1v) is 6.18. The highest BCUT2D eigenvalue weighted by Crippen LogP contribution is 2.18. The number of amides is 2. The van der Waals surface area contributed by atoms with Crippen LogP contribution in [-0.4, -0.2) is 67.8 Å². The van der Waals surface area contributed by atoms with Gasteiger partial charge in [0.25, 0.3) is 0 Å². The molecule has 2 unspecified atom stereocenters. The maximum atomic E-state index is 12.1. The first kappa shape index (κ1) is 11.3. The van der Waals surface area contributed by atoms with Gasteiger partial charge in [-0.3, -0.25) is 0 Å².